The van der Waals surface area contributed by atoms with Crippen LogP contribution in [-0.4, -0.2) is 23.4 Å². The summed E-state index contributed by atoms with van der Waals surface area (Å²) in [6, 6.07) is 4.50. The molecule has 1 aliphatic carbocycles. The number of fused-ring (bicyclic) bond motifs is 1. The van der Waals surface area contributed by atoms with Gasteiger partial charge in [0.1, 0.15) is 11.7 Å². The van der Waals surface area contributed by atoms with Gasteiger partial charge in [-0.05, 0) is 50.7 Å². The highest BCUT2D eigenvalue weighted by molar-refractivity contribution is 5.99. The smallest absolute Gasteiger partial charge is 0.140 e. The number of pyridine rings is 1. The summed E-state index contributed by atoms with van der Waals surface area (Å²) >= 11 is 0. The number of amidine groups is 1. The molecule has 3 rings (SSSR count). The number of piperidine rings is 1. The van der Waals surface area contributed by atoms with Crippen LogP contribution in [0.1, 0.15) is 49.8 Å². The summed E-state index contributed by atoms with van der Waals surface area (Å²) in [5.41, 5.74) is 7.55. The van der Waals surface area contributed by atoms with E-state index in [1.165, 1.54) is 38.5 Å². The van der Waals surface area contributed by atoms with Gasteiger partial charge in [0.15, 0.2) is 0 Å². The van der Waals surface area contributed by atoms with E-state index in [1.807, 2.05) is 19.1 Å². The molecule has 2 unspecified atom stereocenters. The van der Waals surface area contributed by atoms with Crippen LogP contribution >= 0.6 is 0 Å². The lowest BCUT2D eigenvalue weighted by atomic mass is 9.78. The summed E-state index contributed by atoms with van der Waals surface area (Å²) in [5.74, 6) is 1.87. The highest BCUT2D eigenvalue weighted by atomic mass is 15.2. The lowest BCUT2D eigenvalue weighted by Crippen LogP contribution is -2.48. The summed E-state index contributed by atoms with van der Waals surface area (Å²) in [7, 11) is 0. The van der Waals surface area contributed by atoms with Crippen molar-refractivity contribution in [1.82, 2.24) is 4.98 Å². The number of nitrogens with zero attached hydrogens (tertiary/aromatic N) is 2. The van der Waals surface area contributed by atoms with Crippen LogP contribution in [0.4, 0.5) is 5.82 Å². The molecule has 3 N–H and O–H groups in total. The Labute approximate surface area is 120 Å². The Balaban J connectivity index is 1.98. The molecule has 2 atom stereocenters. The molecule has 0 radical (unpaired) electrons. The van der Waals surface area contributed by atoms with Crippen molar-refractivity contribution in [3.05, 3.63) is 23.4 Å². The van der Waals surface area contributed by atoms with Crippen molar-refractivity contribution in [2.45, 2.75) is 51.5 Å². The molecule has 0 aromatic carbocycles. The van der Waals surface area contributed by atoms with Crippen LogP contribution < -0.4 is 10.6 Å². The molecule has 0 bridgehead atoms. The van der Waals surface area contributed by atoms with Crippen molar-refractivity contribution in [3.63, 3.8) is 0 Å². The van der Waals surface area contributed by atoms with Gasteiger partial charge in [-0.1, -0.05) is 12.8 Å². The van der Waals surface area contributed by atoms with E-state index in [9.17, 15) is 0 Å². The number of aryl methyl sites for hydroxylation is 1. The maximum Gasteiger partial charge on any atom is 0.140 e. The van der Waals surface area contributed by atoms with Crippen LogP contribution in [0.3, 0.4) is 0 Å². The van der Waals surface area contributed by atoms with Crippen molar-refractivity contribution in [2.75, 3.05) is 11.4 Å². The largest absolute Gasteiger partial charge is 0.384 e. The average molecular weight is 272 g/mol. The first-order chi connectivity index (χ1) is 9.66. The second kappa shape index (κ2) is 5.43. The van der Waals surface area contributed by atoms with Crippen molar-refractivity contribution in [2.24, 2.45) is 11.7 Å². The Morgan fingerprint density at radius 2 is 2.00 bits per heavy atom. The summed E-state index contributed by atoms with van der Waals surface area (Å²) < 4.78 is 0. The first kappa shape index (κ1) is 13.4. The summed E-state index contributed by atoms with van der Waals surface area (Å²) in [6.45, 7) is 3.06. The van der Waals surface area contributed by atoms with E-state index in [2.05, 4.69) is 4.90 Å². The van der Waals surface area contributed by atoms with Crippen molar-refractivity contribution < 1.29 is 0 Å². The lowest BCUT2D eigenvalue weighted by Gasteiger charge is -2.45. The monoisotopic (exact) mass is 272 g/mol. The Kier molecular flexibility index (Phi) is 3.64. The molecule has 2 heterocycles. The molecule has 1 aliphatic heterocycles. The third-order valence-corrected chi connectivity index (χ3v) is 4.82. The Hall–Kier alpha value is -1.58. The predicted molar refractivity (Wildman–Crippen MR) is 82.3 cm³/mol. The second-order valence-corrected chi connectivity index (χ2v) is 6.18. The molecular weight excluding hydrogens is 248 g/mol. The van der Waals surface area contributed by atoms with Crippen LogP contribution in [0.5, 0.6) is 0 Å². The third-order valence-electron chi connectivity index (χ3n) is 4.82. The Morgan fingerprint density at radius 1 is 1.25 bits per heavy atom. The molecule has 1 aromatic rings. The predicted octanol–water partition coefficient (Wildman–Crippen LogP) is 2.83. The third kappa shape index (κ3) is 2.39. The molecule has 20 heavy (non-hydrogen) atoms. The molecule has 2 aliphatic rings. The number of hydrogen-bond acceptors (Lipinski definition) is 3. The van der Waals surface area contributed by atoms with Gasteiger partial charge < -0.3 is 10.6 Å². The minimum absolute atomic E-state index is 0.130. The SMILES string of the molecule is Cc1ccc(C(=N)N)c(N2CCCC3CCCCC32)n1. The number of nitrogens with two attached hydrogens (primary N) is 1. The number of hydrogen-bond donors (Lipinski definition) is 2. The van der Waals surface area contributed by atoms with Gasteiger partial charge in [0.25, 0.3) is 0 Å². The van der Waals surface area contributed by atoms with Gasteiger partial charge in [-0.3, -0.25) is 5.41 Å². The fourth-order valence-electron chi connectivity index (χ4n) is 3.86. The maximum atomic E-state index is 7.81. The quantitative estimate of drug-likeness (QED) is 0.642. The van der Waals surface area contributed by atoms with E-state index in [-0.39, 0.29) is 5.84 Å². The molecule has 0 spiro atoms. The highest BCUT2D eigenvalue weighted by Crippen LogP contribution is 2.38. The minimum atomic E-state index is 0.130. The van der Waals surface area contributed by atoms with Crippen molar-refractivity contribution >= 4 is 11.7 Å². The fourth-order valence-corrected chi connectivity index (χ4v) is 3.86. The van der Waals surface area contributed by atoms with E-state index < -0.39 is 0 Å². The van der Waals surface area contributed by atoms with E-state index in [4.69, 9.17) is 16.1 Å². The van der Waals surface area contributed by atoms with E-state index in [1.54, 1.807) is 0 Å². The molecule has 2 fully saturated rings. The average Bonchev–Trinajstić information content (AvgIpc) is 2.46. The van der Waals surface area contributed by atoms with Gasteiger partial charge in [-0.15, -0.1) is 0 Å². The number of nitrogens with one attached hydrogen (secondary N) is 1. The van der Waals surface area contributed by atoms with Crippen molar-refractivity contribution in [1.29, 1.82) is 5.41 Å². The van der Waals surface area contributed by atoms with Crippen LogP contribution in [0, 0.1) is 18.3 Å². The number of anilines is 1. The second-order valence-electron chi connectivity index (χ2n) is 6.18. The highest BCUT2D eigenvalue weighted by Gasteiger charge is 2.34. The topological polar surface area (TPSA) is 66.0 Å². The normalized spacial score (nSPS) is 26.1. The van der Waals surface area contributed by atoms with Gasteiger partial charge in [-0.25, -0.2) is 4.98 Å². The van der Waals surface area contributed by atoms with Crippen LogP contribution in [0.25, 0.3) is 0 Å². The molecule has 1 aromatic heterocycles. The molecule has 1 saturated carbocycles. The summed E-state index contributed by atoms with van der Waals surface area (Å²) in [6.07, 6.45) is 7.88. The zero-order chi connectivity index (χ0) is 14.1. The van der Waals surface area contributed by atoms with Crippen LogP contribution in [-0.2, 0) is 0 Å². The van der Waals surface area contributed by atoms with Gasteiger partial charge in [-0.2, -0.15) is 0 Å². The zero-order valence-electron chi connectivity index (χ0n) is 12.2. The number of rotatable bonds is 2. The number of aromatic nitrogens is 1. The van der Waals surface area contributed by atoms with Crippen LogP contribution in [0.15, 0.2) is 12.1 Å². The zero-order valence-corrected chi connectivity index (χ0v) is 12.2. The number of nitrogen functional groups attached to an aromatic ring is 1. The molecule has 1 saturated heterocycles. The van der Waals surface area contributed by atoms with Gasteiger partial charge in [0.2, 0.25) is 0 Å². The van der Waals surface area contributed by atoms with Crippen LogP contribution in [0.2, 0.25) is 0 Å². The standard InChI is InChI=1S/C16H24N4/c1-11-8-9-13(15(17)18)16(19-11)20-10-4-6-12-5-2-3-7-14(12)20/h8-9,12,14H,2-7,10H2,1H3,(H3,17,18). The molecule has 0 amide bonds. The first-order valence-electron chi connectivity index (χ1n) is 7.75. The Morgan fingerprint density at radius 3 is 2.80 bits per heavy atom. The maximum absolute atomic E-state index is 7.81. The lowest BCUT2D eigenvalue weighted by molar-refractivity contribution is 0.242. The fraction of sp³-hybridized carbons (Fsp3) is 0.625. The summed E-state index contributed by atoms with van der Waals surface area (Å²) in [4.78, 5) is 7.16. The summed E-state index contributed by atoms with van der Waals surface area (Å²) in [5, 5.41) is 7.81. The van der Waals surface area contributed by atoms with Crippen molar-refractivity contribution in [3.8, 4) is 0 Å². The van der Waals surface area contributed by atoms with Gasteiger partial charge in [0.05, 0.1) is 5.56 Å². The van der Waals surface area contributed by atoms with E-state index >= 15 is 0 Å². The van der Waals surface area contributed by atoms with Gasteiger partial charge >= 0.3 is 0 Å². The minimum Gasteiger partial charge on any atom is -0.384 e. The Bertz CT molecular complexity index is 509. The molecule has 108 valence electrons. The molecule has 4 nitrogen and oxygen atoms in total. The van der Waals surface area contributed by atoms with E-state index in [0.29, 0.717) is 6.04 Å². The first-order valence-corrected chi connectivity index (χ1v) is 7.75. The van der Waals surface area contributed by atoms with E-state index in [0.717, 1.165) is 29.5 Å². The molecule has 4 heteroatoms. The molecular formula is C16H24N4. The van der Waals surface area contributed by atoms with Gasteiger partial charge in [0, 0.05) is 18.3 Å².